The average Bonchev–Trinajstić information content (AvgIpc) is 2.01. The van der Waals surface area contributed by atoms with Crippen LogP contribution in [0.3, 0.4) is 0 Å². The van der Waals surface area contributed by atoms with Crippen molar-refractivity contribution in [2.45, 2.75) is 6.43 Å². The van der Waals surface area contributed by atoms with Crippen LogP contribution < -0.4 is 5.46 Å². The topological polar surface area (TPSA) is 0 Å². The minimum atomic E-state index is -5.24. The maximum absolute atomic E-state index is 12.2. The summed E-state index contributed by atoms with van der Waals surface area (Å²) in [6.07, 6.45) is -2.82. The van der Waals surface area contributed by atoms with Crippen LogP contribution in [0.4, 0.5) is 21.7 Å². The van der Waals surface area contributed by atoms with Gasteiger partial charge in [0.2, 0.25) is 0 Å². The van der Waals surface area contributed by atoms with Crippen molar-refractivity contribution in [3.63, 3.8) is 0 Å². The summed E-state index contributed by atoms with van der Waals surface area (Å²) in [6.45, 7) is -5.24. The van der Waals surface area contributed by atoms with Crippen LogP contribution in [0.25, 0.3) is 0 Å². The third-order valence-electron chi connectivity index (χ3n) is 1.63. The molecule has 1 aromatic rings. The van der Waals surface area contributed by atoms with E-state index in [2.05, 4.69) is 0 Å². The average molecular weight is 229 g/mol. The Morgan fingerprint density at radius 2 is 1.71 bits per heavy atom. The molecule has 0 aliphatic rings. The third kappa shape index (κ3) is 2.38. The molecule has 0 nitrogen and oxygen atoms in total. The van der Waals surface area contributed by atoms with Crippen molar-refractivity contribution < 1.29 is 21.7 Å². The Hall–Kier alpha value is -0.775. The van der Waals surface area contributed by atoms with E-state index in [0.717, 1.165) is 6.07 Å². The summed E-state index contributed by atoms with van der Waals surface area (Å²) in [5.74, 6) is 0. The van der Waals surface area contributed by atoms with Crippen LogP contribution >= 0.6 is 11.6 Å². The van der Waals surface area contributed by atoms with Gasteiger partial charge >= 0.3 is 6.98 Å². The quantitative estimate of drug-likeness (QED) is 0.539. The first-order chi connectivity index (χ1) is 6.32. The van der Waals surface area contributed by atoms with E-state index in [1.165, 1.54) is 0 Å². The number of hydrogen-bond donors (Lipinski definition) is 0. The Bertz CT molecular complexity index is 335. The molecule has 0 amide bonds. The van der Waals surface area contributed by atoms with Crippen LogP contribution in [0.2, 0.25) is 5.02 Å². The van der Waals surface area contributed by atoms with Gasteiger partial charge in [-0.15, -0.1) is 0 Å². The van der Waals surface area contributed by atoms with E-state index in [1.807, 2.05) is 0 Å². The molecular weight excluding hydrogens is 225 g/mol. The lowest BCUT2D eigenvalue weighted by Gasteiger charge is -2.17. The highest BCUT2D eigenvalue weighted by molar-refractivity contribution is 6.75. The van der Waals surface area contributed by atoms with E-state index in [9.17, 15) is 21.7 Å². The van der Waals surface area contributed by atoms with Gasteiger partial charge in [0.05, 0.1) is 0 Å². The Labute approximate surface area is 81.7 Å². The van der Waals surface area contributed by atoms with Gasteiger partial charge in [0.25, 0.3) is 6.43 Å². The number of alkyl halides is 2. The van der Waals surface area contributed by atoms with Crippen LogP contribution in [0, 0.1) is 0 Å². The zero-order valence-corrected chi connectivity index (χ0v) is 7.41. The molecule has 0 N–H and O–H groups in total. The zero-order valence-electron chi connectivity index (χ0n) is 6.65. The van der Waals surface area contributed by atoms with Crippen LogP contribution in [0.15, 0.2) is 18.2 Å². The van der Waals surface area contributed by atoms with Gasteiger partial charge in [-0.05, 0) is 6.07 Å². The molecule has 0 unspecified atom stereocenters. The Kier molecular flexibility index (Phi) is 3.04. The van der Waals surface area contributed by atoms with Crippen molar-refractivity contribution in [2.75, 3.05) is 0 Å². The summed E-state index contributed by atoms with van der Waals surface area (Å²) < 4.78 is 60.6. The molecule has 0 heterocycles. The standard InChI is InChI=1S/C7H4BClF5/c9-6-3-4(7(10)11)1-2-5(6)8(12,13)14/h1-3,7H/q-1. The molecule has 0 bridgehead atoms. The summed E-state index contributed by atoms with van der Waals surface area (Å²) >= 11 is 5.22. The highest BCUT2D eigenvalue weighted by atomic mass is 35.5. The molecule has 0 spiro atoms. The first-order valence-corrected chi connectivity index (χ1v) is 3.97. The van der Waals surface area contributed by atoms with Crippen molar-refractivity contribution in [1.82, 2.24) is 0 Å². The van der Waals surface area contributed by atoms with Crippen molar-refractivity contribution in [3.05, 3.63) is 28.8 Å². The monoisotopic (exact) mass is 229 g/mol. The fourth-order valence-electron chi connectivity index (χ4n) is 0.945. The van der Waals surface area contributed by atoms with Gasteiger partial charge in [-0.2, -0.15) is 0 Å². The van der Waals surface area contributed by atoms with E-state index in [4.69, 9.17) is 11.6 Å². The zero-order chi connectivity index (χ0) is 10.9. The number of benzene rings is 1. The van der Waals surface area contributed by atoms with Gasteiger partial charge in [0.15, 0.2) is 0 Å². The van der Waals surface area contributed by atoms with Gasteiger partial charge in [0.1, 0.15) is 0 Å². The van der Waals surface area contributed by atoms with Crippen LogP contribution in [-0.4, -0.2) is 6.98 Å². The highest BCUT2D eigenvalue weighted by Crippen LogP contribution is 2.23. The lowest BCUT2D eigenvalue weighted by molar-refractivity contribution is 0.151. The van der Waals surface area contributed by atoms with Gasteiger partial charge in [-0.1, -0.05) is 29.2 Å². The number of hydrogen-bond acceptors (Lipinski definition) is 0. The maximum Gasteiger partial charge on any atom is 0.511 e. The molecule has 0 aromatic heterocycles. The molecule has 1 aromatic carbocycles. The van der Waals surface area contributed by atoms with Crippen molar-refractivity contribution >= 4 is 24.0 Å². The second-order valence-electron chi connectivity index (χ2n) is 2.66. The SMILES string of the molecule is FC(F)c1ccc([B-](F)(F)F)c(Cl)c1. The predicted molar refractivity (Wildman–Crippen MR) is 45.1 cm³/mol. The van der Waals surface area contributed by atoms with Crippen LogP contribution in [-0.2, 0) is 0 Å². The molecular formula is C7H4BClF5-. The molecule has 0 fully saturated rings. The molecule has 0 saturated carbocycles. The smallest absolute Gasteiger partial charge is 0.445 e. The summed E-state index contributed by atoms with van der Waals surface area (Å²) in [5, 5.41) is -0.685. The van der Waals surface area contributed by atoms with Gasteiger partial charge in [0, 0.05) is 10.6 Å². The normalized spacial score (nSPS) is 12.2. The highest BCUT2D eigenvalue weighted by Gasteiger charge is 2.28. The molecule has 0 radical (unpaired) electrons. The summed E-state index contributed by atoms with van der Waals surface area (Å²) in [6, 6.07) is 1.93. The minimum absolute atomic E-state index is 0.515. The van der Waals surface area contributed by atoms with Gasteiger partial charge in [-0.25, -0.2) is 8.78 Å². The molecule has 0 aliphatic carbocycles. The second-order valence-corrected chi connectivity index (χ2v) is 3.06. The van der Waals surface area contributed by atoms with Gasteiger partial charge in [-0.3, -0.25) is 0 Å². The Morgan fingerprint density at radius 3 is 2.07 bits per heavy atom. The van der Waals surface area contributed by atoms with E-state index in [1.54, 1.807) is 0 Å². The summed E-state index contributed by atoms with van der Waals surface area (Å²) in [7, 11) is 0. The van der Waals surface area contributed by atoms with E-state index < -0.39 is 29.5 Å². The lowest BCUT2D eigenvalue weighted by Crippen LogP contribution is -2.34. The van der Waals surface area contributed by atoms with Crippen molar-refractivity contribution in [2.24, 2.45) is 0 Å². The van der Waals surface area contributed by atoms with Crippen molar-refractivity contribution in [1.29, 1.82) is 0 Å². The Morgan fingerprint density at radius 1 is 1.14 bits per heavy atom. The van der Waals surface area contributed by atoms with Crippen molar-refractivity contribution in [3.8, 4) is 0 Å². The minimum Gasteiger partial charge on any atom is -0.445 e. The third-order valence-corrected chi connectivity index (χ3v) is 1.96. The first-order valence-electron chi connectivity index (χ1n) is 3.60. The number of rotatable bonds is 2. The van der Waals surface area contributed by atoms with Crippen LogP contribution in [0.1, 0.15) is 12.0 Å². The molecule has 7 heteroatoms. The molecule has 78 valence electrons. The van der Waals surface area contributed by atoms with Crippen LogP contribution in [0.5, 0.6) is 0 Å². The molecule has 0 atom stereocenters. The fraction of sp³-hybridized carbons (Fsp3) is 0.143. The fourth-order valence-corrected chi connectivity index (χ4v) is 1.26. The second kappa shape index (κ2) is 3.77. The summed E-state index contributed by atoms with van der Waals surface area (Å²) in [4.78, 5) is 0. The Balaban J connectivity index is 3.15. The van der Waals surface area contributed by atoms with E-state index in [-0.39, 0.29) is 0 Å². The molecule has 1 rings (SSSR count). The first kappa shape index (κ1) is 11.3. The predicted octanol–water partition coefficient (Wildman–Crippen LogP) is 3.33. The summed E-state index contributed by atoms with van der Waals surface area (Å²) in [5.41, 5.74) is -1.56. The van der Waals surface area contributed by atoms with Gasteiger partial charge < -0.3 is 12.9 Å². The van der Waals surface area contributed by atoms with E-state index >= 15 is 0 Å². The molecule has 0 aliphatic heterocycles. The van der Waals surface area contributed by atoms with E-state index in [0.29, 0.717) is 12.1 Å². The molecule has 0 saturated heterocycles. The number of halogens is 6. The lowest BCUT2D eigenvalue weighted by atomic mass is 9.80. The molecule has 14 heavy (non-hydrogen) atoms. The maximum atomic E-state index is 12.2. The largest absolute Gasteiger partial charge is 0.511 e.